The molecule has 0 aliphatic heterocycles. The Morgan fingerprint density at radius 1 is 1.14 bits per heavy atom. The highest BCUT2D eigenvalue weighted by Crippen LogP contribution is 2.28. The van der Waals surface area contributed by atoms with Crippen LogP contribution in [0.2, 0.25) is 5.02 Å². The predicted molar refractivity (Wildman–Crippen MR) is 139 cm³/mol. The number of rotatable bonds is 10. The molecule has 4 N–H and O–H groups in total. The SMILES string of the molecule is C[C@H](Nc1nc(-c2c[nH]c3ncc(Cl)cc23)ncc1F)C(=O)CCCNCc1c[nH]c2ccccc12. The Hall–Kier alpha value is -3.82. The monoisotopic (exact) mass is 505 g/mol. The molecule has 0 aliphatic rings. The summed E-state index contributed by atoms with van der Waals surface area (Å²) in [6.07, 6.45) is 7.36. The Morgan fingerprint density at radius 3 is 2.89 bits per heavy atom. The lowest BCUT2D eigenvalue weighted by atomic mass is 10.1. The molecule has 0 bridgehead atoms. The van der Waals surface area contributed by atoms with Crippen LogP contribution in [0.4, 0.5) is 10.2 Å². The number of anilines is 1. The average molecular weight is 506 g/mol. The van der Waals surface area contributed by atoms with E-state index in [4.69, 9.17) is 11.6 Å². The van der Waals surface area contributed by atoms with Crippen molar-refractivity contribution in [2.75, 3.05) is 11.9 Å². The molecule has 4 heterocycles. The number of carbonyl (C=O) groups excluding carboxylic acids is 1. The molecule has 0 amide bonds. The number of halogens is 2. The van der Waals surface area contributed by atoms with Gasteiger partial charge in [-0.15, -0.1) is 0 Å². The molecule has 0 saturated heterocycles. The lowest BCUT2D eigenvalue weighted by Crippen LogP contribution is -2.28. The van der Waals surface area contributed by atoms with Crippen LogP contribution in [0.5, 0.6) is 0 Å². The van der Waals surface area contributed by atoms with Crippen LogP contribution in [-0.4, -0.2) is 43.3 Å². The summed E-state index contributed by atoms with van der Waals surface area (Å²) in [5, 5.41) is 8.68. The maximum atomic E-state index is 14.5. The minimum absolute atomic E-state index is 0.0217. The standard InChI is InChI=1S/C26H25ClFN7O/c1-15(23(36)7-4-8-29-10-16-11-30-22-6-3-2-5-18(16)22)34-26-21(28)14-33-25(35-26)20-13-32-24-19(20)9-17(27)12-31-24/h2-3,5-6,9,11-15,29-30H,4,7-8,10H2,1H3,(H,31,32)(H,33,34,35)/t15-/m0/s1. The quantitative estimate of drug-likeness (QED) is 0.193. The number of Topliss-reactive ketones (excluding diaryl/α,β-unsaturated/α-hetero) is 1. The Labute approximate surface area is 211 Å². The molecule has 5 rings (SSSR count). The highest BCUT2D eigenvalue weighted by molar-refractivity contribution is 6.31. The van der Waals surface area contributed by atoms with Crippen LogP contribution in [0, 0.1) is 5.82 Å². The third-order valence-corrected chi connectivity index (χ3v) is 6.29. The van der Waals surface area contributed by atoms with Crippen molar-refractivity contribution in [3.63, 3.8) is 0 Å². The van der Waals surface area contributed by atoms with Gasteiger partial charge >= 0.3 is 0 Å². The fraction of sp³-hybridized carbons (Fsp3) is 0.231. The molecule has 10 heteroatoms. The summed E-state index contributed by atoms with van der Waals surface area (Å²) in [5.74, 6) is -0.376. The second-order valence-electron chi connectivity index (χ2n) is 8.61. The first-order valence-electron chi connectivity index (χ1n) is 11.7. The van der Waals surface area contributed by atoms with Gasteiger partial charge in [-0.2, -0.15) is 0 Å². The molecule has 0 fully saturated rings. The molecule has 0 aliphatic carbocycles. The fourth-order valence-electron chi connectivity index (χ4n) is 4.15. The van der Waals surface area contributed by atoms with Crippen molar-refractivity contribution in [3.05, 3.63) is 71.5 Å². The summed E-state index contributed by atoms with van der Waals surface area (Å²) >= 11 is 6.07. The summed E-state index contributed by atoms with van der Waals surface area (Å²) < 4.78 is 14.5. The zero-order chi connectivity index (χ0) is 25.1. The van der Waals surface area contributed by atoms with E-state index in [2.05, 4.69) is 41.6 Å². The molecule has 184 valence electrons. The Kier molecular flexibility index (Phi) is 6.92. The van der Waals surface area contributed by atoms with Gasteiger partial charge in [0.25, 0.3) is 0 Å². The molecule has 8 nitrogen and oxygen atoms in total. The van der Waals surface area contributed by atoms with Crippen LogP contribution >= 0.6 is 11.6 Å². The maximum Gasteiger partial charge on any atom is 0.183 e. The van der Waals surface area contributed by atoms with Gasteiger partial charge in [0.05, 0.1) is 17.3 Å². The van der Waals surface area contributed by atoms with Crippen LogP contribution in [0.15, 0.2) is 55.1 Å². The van der Waals surface area contributed by atoms with Crippen molar-refractivity contribution >= 4 is 45.1 Å². The van der Waals surface area contributed by atoms with E-state index in [1.807, 2.05) is 24.4 Å². The number of benzene rings is 1. The number of hydrogen-bond donors (Lipinski definition) is 4. The molecular formula is C26H25ClFN7O. The molecule has 0 spiro atoms. The average Bonchev–Trinajstić information content (AvgIpc) is 3.49. The van der Waals surface area contributed by atoms with Crippen LogP contribution in [0.25, 0.3) is 33.3 Å². The van der Waals surface area contributed by atoms with Crippen molar-refractivity contribution in [3.8, 4) is 11.4 Å². The lowest BCUT2D eigenvalue weighted by molar-refractivity contribution is -0.119. The number of pyridine rings is 1. The number of H-pyrrole nitrogens is 2. The third kappa shape index (κ3) is 5.07. The third-order valence-electron chi connectivity index (χ3n) is 6.09. The number of nitrogens with one attached hydrogen (secondary N) is 4. The topological polar surface area (TPSA) is 111 Å². The summed E-state index contributed by atoms with van der Waals surface area (Å²) in [7, 11) is 0. The fourth-order valence-corrected chi connectivity index (χ4v) is 4.31. The molecule has 36 heavy (non-hydrogen) atoms. The normalized spacial score (nSPS) is 12.3. The number of aromatic nitrogens is 5. The van der Waals surface area contributed by atoms with Crippen LogP contribution in [0.3, 0.4) is 0 Å². The molecule has 4 aromatic heterocycles. The summed E-state index contributed by atoms with van der Waals surface area (Å²) in [4.78, 5) is 31.6. The molecular weight excluding hydrogens is 481 g/mol. The molecule has 5 aromatic rings. The highest BCUT2D eigenvalue weighted by Gasteiger charge is 2.18. The number of aromatic amines is 2. The van der Waals surface area contributed by atoms with Crippen LogP contribution < -0.4 is 10.6 Å². The highest BCUT2D eigenvalue weighted by atomic mass is 35.5. The van der Waals surface area contributed by atoms with Crippen LogP contribution in [0.1, 0.15) is 25.3 Å². The number of nitrogens with zero attached hydrogens (tertiary/aromatic N) is 3. The first-order valence-corrected chi connectivity index (χ1v) is 12.1. The van der Waals surface area contributed by atoms with E-state index in [0.29, 0.717) is 41.4 Å². The second kappa shape index (κ2) is 10.4. The zero-order valence-corrected chi connectivity index (χ0v) is 20.4. The molecule has 0 radical (unpaired) electrons. The van der Waals surface area contributed by atoms with Gasteiger partial charge in [0.15, 0.2) is 23.2 Å². The van der Waals surface area contributed by atoms with Gasteiger partial charge in [0, 0.05) is 53.4 Å². The van der Waals surface area contributed by atoms with Gasteiger partial charge in [-0.05, 0) is 37.6 Å². The first kappa shape index (κ1) is 23.9. The van der Waals surface area contributed by atoms with E-state index >= 15 is 0 Å². The number of fused-ring (bicyclic) bond motifs is 2. The Bertz CT molecular complexity index is 1530. The summed E-state index contributed by atoms with van der Waals surface area (Å²) in [6.45, 7) is 3.12. The lowest BCUT2D eigenvalue weighted by Gasteiger charge is -2.14. The van der Waals surface area contributed by atoms with E-state index in [1.54, 1.807) is 19.2 Å². The van der Waals surface area contributed by atoms with Crippen molar-refractivity contribution < 1.29 is 9.18 Å². The van der Waals surface area contributed by atoms with Gasteiger partial charge in [-0.1, -0.05) is 29.8 Å². The van der Waals surface area contributed by atoms with E-state index in [9.17, 15) is 9.18 Å². The maximum absolute atomic E-state index is 14.5. The van der Waals surface area contributed by atoms with Crippen molar-refractivity contribution in [2.24, 2.45) is 0 Å². The number of carbonyl (C=O) groups is 1. The van der Waals surface area contributed by atoms with Gasteiger partial charge < -0.3 is 20.6 Å². The summed E-state index contributed by atoms with van der Waals surface area (Å²) in [5.41, 5.74) is 3.56. The minimum Gasteiger partial charge on any atom is -0.361 e. The van der Waals surface area contributed by atoms with Gasteiger partial charge in [-0.25, -0.2) is 19.3 Å². The van der Waals surface area contributed by atoms with Crippen molar-refractivity contribution in [1.29, 1.82) is 0 Å². The molecule has 1 aromatic carbocycles. The van der Waals surface area contributed by atoms with E-state index in [0.717, 1.165) is 23.6 Å². The second-order valence-corrected chi connectivity index (χ2v) is 9.05. The van der Waals surface area contributed by atoms with Gasteiger partial charge in [0.2, 0.25) is 0 Å². The van der Waals surface area contributed by atoms with Crippen LogP contribution in [-0.2, 0) is 11.3 Å². The predicted octanol–water partition coefficient (Wildman–Crippen LogP) is 5.23. The largest absolute Gasteiger partial charge is 0.361 e. The number of para-hydroxylation sites is 1. The Balaban J connectivity index is 1.16. The van der Waals surface area contributed by atoms with Gasteiger partial charge in [0.1, 0.15) is 5.65 Å². The molecule has 1 atom stereocenters. The first-order chi connectivity index (χ1) is 17.5. The Morgan fingerprint density at radius 2 is 2.00 bits per heavy atom. The van der Waals surface area contributed by atoms with E-state index < -0.39 is 11.9 Å². The molecule has 0 saturated carbocycles. The van der Waals surface area contributed by atoms with Crippen molar-refractivity contribution in [2.45, 2.75) is 32.4 Å². The zero-order valence-electron chi connectivity index (χ0n) is 19.6. The van der Waals surface area contributed by atoms with Crippen molar-refractivity contribution in [1.82, 2.24) is 30.2 Å². The number of hydrogen-bond acceptors (Lipinski definition) is 6. The molecule has 0 unspecified atom stereocenters. The smallest absolute Gasteiger partial charge is 0.183 e. The minimum atomic E-state index is -0.630. The number of ketones is 1. The summed E-state index contributed by atoms with van der Waals surface area (Å²) in [6, 6.07) is 9.29. The van der Waals surface area contributed by atoms with E-state index in [-0.39, 0.29) is 11.6 Å². The van der Waals surface area contributed by atoms with E-state index in [1.165, 1.54) is 17.1 Å². The van der Waals surface area contributed by atoms with Gasteiger partial charge in [-0.3, -0.25) is 4.79 Å².